The van der Waals surface area contributed by atoms with E-state index in [9.17, 15) is 13.0 Å². The van der Waals surface area contributed by atoms with Gasteiger partial charge in [0.15, 0.2) is 5.49 Å². The summed E-state index contributed by atoms with van der Waals surface area (Å²) in [6, 6.07) is 7.75. The molecule has 1 aromatic carbocycles. The minimum Gasteiger partial charge on any atom is -0.382 e. The maximum absolute atomic E-state index is 12.2. The van der Waals surface area contributed by atoms with E-state index >= 15 is 0 Å². The number of hydrogen-bond acceptors (Lipinski definition) is 6. The van der Waals surface area contributed by atoms with Gasteiger partial charge in [-0.3, -0.25) is 13.6 Å². The maximum atomic E-state index is 12.2. The molecule has 8 heteroatoms. The van der Waals surface area contributed by atoms with Crippen LogP contribution in [0.25, 0.3) is 0 Å². The molecule has 1 rings (SSSR count). The third kappa shape index (κ3) is 6.48. The molecule has 21 heavy (non-hydrogen) atoms. The van der Waals surface area contributed by atoms with Crippen molar-refractivity contribution in [1.82, 2.24) is 0 Å². The van der Waals surface area contributed by atoms with Crippen LogP contribution in [0.2, 0.25) is 0 Å². The molecule has 0 aliphatic carbocycles. The van der Waals surface area contributed by atoms with Crippen LogP contribution < -0.4 is 4.18 Å². The lowest BCUT2D eigenvalue weighted by molar-refractivity contribution is 0.245. The molecule has 6 nitrogen and oxygen atoms in total. The number of para-hydroxylation sites is 1. The Morgan fingerprint density at radius 1 is 1.05 bits per heavy atom. The van der Waals surface area contributed by atoms with Gasteiger partial charge in [0.2, 0.25) is 0 Å². The first kappa shape index (κ1) is 17.3. The molecular formula is C13H13O6PS. The predicted octanol–water partition coefficient (Wildman–Crippen LogP) is 1.85. The molecule has 0 radical (unpaired) electrons. The smallest absolute Gasteiger partial charge is 0.351 e. The zero-order valence-electron chi connectivity index (χ0n) is 11.0. The van der Waals surface area contributed by atoms with Gasteiger partial charge in [-0.1, -0.05) is 30.0 Å². The first-order chi connectivity index (χ1) is 9.91. The minimum absolute atomic E-state index is 0.0814. The molecule has 0 bridgehead atoms. The summed E-state index contributed by atoms with van der Waals surface area (Å²) < 4.78 is 50.4. The highest BCUT2D eigenvalue weighted by Crippen LogP contribution is 2.49. The molecule has 0 amide bonds. The summed E-state index contributed by atoms with van der Waals surface area (Å²) >= 11 is 0. The highest BCUT2D eigenvalue weighted by atomic mass is 32.2. The fourth-order valence-corrected chi connectivity index (χ4v) is 4.60. The second-order valence-electron chi connectivity index (χ2n) is 3.65. The lowest BCUT2D eigenvalue weighted by atomic mass is 10.3. The molecule has 1 aromatic rings. The average molecular weight is 328 g/mol. The van der Waals surface area contributed by atoms with Crippen LogP contribution in [-0.4, -0.2) is 27.1 Å². The van der Waals surface area contributed by atoms with Crippen LogP contribution in [0.5, 0.6) is 5.75 Å². The van der Waals surface area contributed by atoms with E-state index in [1.54, 1.807) is 18.2 Å². The van der Waals surface area contributed by atoms with Crippen LogP contribution in [0.1, 0.15) is 0 Å². The van der Waals surface area contributed by atoms with Crippen LogP contribution in [-0.2, 0) is 23.7 Å². The lowest BCUT2D eigenvalue weighted by Crippen LogP contribution is -2.16. The van der Waals surface area contributed by atoms with Gasteiger partial charge >= 0.3 is 17.7 Å². The van der Waals surface area contributed by atoms with E-state index < -0.39 is 23.2 Å². The van der Waals surface area contributed by atoms with Crippen LogP contribution in [0, 0.1) is 24.7 Å². The Hall–Kier alpha value is -1.76. The van der Waals surface area contributed by atoms with Crippen molar-refractivity contribution in [3.63, 3.8) is 0 Å². The molecule has 0 aliphatic rings. The van der Waals surface area contributed by atoms with Gasteiger partial charge < -0.3 is 4.18 Å². The third-order valence-electron chi connectivity index (χ3n) is 1.97. The van der Waals surface area contributed by atoms with E-state index in [0.29, 0.717) is 0 Å². The van der Waals surface area contributed by atoms with E-state index in [1.165, 1.54) is 12.1 Å². The van der Waals surface area contributed by atoms with E-state index in [2.05, 4.69) is 11.8 Å². The Kier molecular flexibility index (Phi) is 6.48. The average Bonchev–Trinajstić information content (AvgIpc) is 2.43. The van der Waals surface area contributed by atoms with Gasteiger partial charge in [-0.15, -0.1) is 12.8 Å². The summed E-state index contributed by atoms with van der Waals surface area (Å²) in [7, 11) is -8.21. The number of benzene rings is 1. The van der Waals surface area contributed by atoms with Crippen LogP contribution in [0.4, 0.5) is 0 Å². The number of hydrogen-bond donors (Lipinski definition) is 0. The summed E-state index contributed by atoms with van der Waals surface area (Å²) in [5, 5.41) is 0. The third-order valence-corrected chi connectivity index (χ3v) is 5.99. The largest absolute Gasteiger partial charge is 0.382 e. The second kappa shape index (κ2) is 7.87. The minimum atomic E-state index is -4.20. The number of rotatable bonds is 8. The van der Waals surface area contributed by atoms with Gasteiger partial charge in [-0.2, -0.15) is 8.42 Å². The molecular weight excluding hydrogens is 315 g/mol. The summed E-state index contributed by atoms with van der Waals surface area (Å²) in [5.41, 5.74) is -0.988. The molecule has 0 aliphatic heterocycles. The Morgan fingerprint density at radius 2 is 1.57 bits per heavy atom. The van der Waals surface area contributed by atoms with Crippen molar-refractivity contribution >= 4 is 17.7 Å². The van der Waals surface area contributed by atoms with Crippen molar-refractivity contribution in [2.24, 2.45) is 0 Å². The molecule has 0 fully saturated rings. The van der Waals surface area contributed by atoms with Gasteiger partial charge in [0.05, 0.1) is 0 Å². The quantitative estimate of drug-likeness (QED) is 0.412. The van der Waals surface area contributed by atoms with Crippen LogP contribution >= 0.6 is 7.60 Å². The molecule has 0 aromatic heterocycles. The van der Waals surface area contributed by atoms with E-state index in [-0.39, 0.29) is 19.0 Å². The molecule has 0 saturated heterocycles. The standard InChI is InChI=1S/C13H13O6PS/c1-3-10-17-20(14,18-11-4-2)12-21(15,16)19-13-8-6-5-7-9-13/h1-2,5-9H,10-12H2. The SMILES string of the molecule is C#CCOP(=O)(CS(=O)(=O)Oc1ccccc1)OCC#C. The van der Waals surface area contributed by atoms with E-state index in [4.69, 9.17) is 26.1 Å². The van der Waals surface area contributed by atoms with Crippen molar-refractivity contribution in [3.8, 4) is 30.4 Å². The maximum Gasteiger partial charge on any atom is 0.351 e. The van der Waals surface area contributed by atoms with Gasteiger partial charge in [-0.05, 0) is 12.1 Å². The zero-order valence-corrected chi connectivity index (χ0v) is 12.7. The fourth-order valence-electron chi connectivity index (χ4n) is 1.23. The monoisotopic (exact) mass is 328 g/mol. The molecule has 0 unspecified atom stereocenters. The normalized spacial score (nSPS) is 11.3. The molecule has 0 atom stereocenters. The van der Waals surface area contributed by atoms with Crippen molar-refractivity contribution in [3.05, 3.63) is 30.3 Å². The van der Waals surface area contributed by atoms with Crippen LogP contribution in [0.15, 0.2) is 30.3 Å². The molecule has 112 valence electrons. The zero-order chi connectivity index (χ0) is 15.8. The lowest BCUT2D eigenvalue weighted by Gasteiger charge is -2.16. The van der Waals surface area contributed by atoms with Gasteiger partial charge in [0, 0.05) is 0 Å². The first-order valence-corrected chi connectivity index (χ1v) is 8.93. The van der Waals surface area contributed by atoms with Crippen molar-refractivity contribution in [2.45, 2.75) is 0 Å². The van der Waals surface area contributed by atoms with Gasteiger partial charge in [0.25, 0.3) is 0 Å². The van der Waals surface area contributed by atoms with E-state index in [1.807, 2.05) is 0 Å². The summed E-state index contributed by atoms with van der Waals surface area (Å²) in [6.07, 6.45) is 9.96. The van der Waals surface area contributed by atoms with Crippen molar-refractivity contribution in [2.75, 3.05) is 18.7 Å². The Bertz CT molecular complexity index is 662. The topological polar surface area (TPSA) is 78.9 Å². The van der Waals surface area contributed by atoms with E-state index in [0.717, 1.165) is 0 Å². The van der Waals surface area contributed by atoms with Gasteiger partial charge in [0.1, 0.15) is 19.0 Å². The fraction of sp³-hybridized carbons (Fsp3) is 0.231. The Labute approximate surface area is 124 Å². The van der Waals surface area contributed by atoms with Gasteiger partial charge in [-0.25, -0.2) is 0 Å². The Balaban J connectivity index is 2.84. The Morgan fingerprint density at radius 3 is 2.05 bits per heavy atom. The second-order valence-corrected chi connectivity index (χ2v) is 7.70. The van der Waals surface area contributed by atoms with Crippen molar-refractivity contribution in [1.29, 1.82) is 0 Å². The first-order valence-electron chi connectivity index (χ1n) is 5.63. The number of terminal acetylenes is 2. The molecule has 0 spiro atoms. The highest BCUT2D eigenvalue weighted by Gasteiger charge is 2.33. The molecule has 0 saturated carbocycles. The molecule has 0 N–H and O–H groups in total. The summed E-state index contributed by atoms with van der Waals surface area (Å²) in [5.74, 6) is 4.23. The van der Waals surface area contributed by atoms with Crippen molar-refractivity contribution < 1.29 is 26.2 Å². The van der Waals surface area contributed by atoms with Crippen LogP contribution in [0.3, 0.4) is 0 Å². The molecule has 0 heterocycles. The predicted molar refractivity (Wildman–Crippen MR) is 78.0 cm³/mol. The summed E-state index contributed by atoms with van der Waals surface area (Å²) in [6.45, 7) is -0.745. The highest BCUT2D eigenvalue weighted by molar-refractivity contribution is 7.94. The summed E-state index contributed by atoms with van der Waals surface area (Å²) in [4.78, 5) is 0.